The van der Waals surface area contributed by atoms with E-state index in [9.17, 15) is 38.8 Å². The highest BCUT2D eigenvalue weighted by atomic mass is 16.7. The standard InChI is InChI=1S/C32H38N2O16/c1-14(35)42-12-23-25(28(45-17(4)38)30(46-18(5)39)26(49-23)22-10-21(11-33)8-9-34-22)29-32(48-20(7)41)31(47-19(6)40)27(44-16(3)37)24(50-29)13-43-15(2)36/h8-10,23-32H,12-13H2,1-7H3/t23-,24-,25?,26-,27+,28+,29-,30+,31+,32+/m1/s1. The summed E-state index contributed by atoms with van der Waals surface area (Å²) in [6, 6.07) is 4.73. The Morgan fingerprint density at radius 1 is 0.640 bits per heavy atom. The normalized spacial score (nSPS) is 28.8. The zero-order valence-corrected chi connectivity index (χ0v) is 28.3. The van der Waals surface area contributed by atoms with E-state index in [4.69, 9.17) is 42.6 Å². The monoisotopic (exact) mass is 706 g/mol. The molecule has 0 aliphatic carbocycles. The van der Waals surface area contributed by atoms with Gasteiger partial charge in [0.05, 0.1) is 23.2 Å². The van der Waals surface area contributed by atoms with Crippen LogP contribution in [0.15, 0.2) is 18.3 Å². The molecule has 0 bridgehead atoms. The minimum atomic E-state index is -1.66. The van der Waals surface area contributed by atoms with Gasteiger partial charge in [-0.05, 0) is 12.1 Å². The molecule has 50 heavy (non-hydrogen) atoms. The van der Waals surface area contributed by atoms with Crippen LogP contribution in [0, 0.1) is 17.2 Å². The Labute approximate surface area is 286 Å². The second kappa shape index (κ2) is 17.5. The van der Waals surface area contributed by atoms with Crippen LogP contribution in [0.5, 0.6) is 0 Å². The smallest absolute Gasteiger partial charge is 0.303 e. The van der Waals surface area contributed by atoms with Crippen LogP contribution in [0.2, 0.25) is 0 Å². The van der Waals surface area contributed by atoms with Crippen LogP contribution in [0.1, 0.15) is 65.8 Å². The van der Waals surface area contributed by atoms with Gasteiger partial charge in [-0.2, -0.15) is 5.26 Å². The molecule has 2 aliphatic rings. The molecule has 1 aromatic rings. The molecule has 2 aliphatic heterocycles. The van der Waals surface area contributed by atoms with Gasteiger partial charge in [-0.15, -0.1) is 0 Å². The maximum Gasteiger partial charge on any atom is 0.303 e. The lowest BCUT2D eigenvalue weighted by Gasteiger charge is -2.52. The molecule has 18 nitrogen and oxygen atoms in total. The second-order valence-electron chi connectivity index (χ2n) is 11.4. The number of esters is 7. The number of hydrogen-bond donors (Lipinski definition) is 0. The number of hydrogen-bond acceptors (Lipinski definition) is 18. The van der Waals surface area contributed by atoms with Crippen LogP contribution < -0.4 is 0 Å². The third-order valence-corrected chi connectivity index (χ3v) is 7.42. The van der Waals surface area contributed by atoms with Crippen LogP contribution in [0.4, 0.5) is 0 Å². The molecule has 1 aromatic heterocycles. The fraction of sp³-hybridized carbons (Fsp3) is 0.594. The Kier molecular flexibility index (Phi) is 13.7. The lowest BCUT2D eigenvalue weighted by Crippen LogP contribution is -2.69. The quantitative estimate of drug-likeness (QED) is 0.225. The molecule has 0 spiro atoms. The molecule has 18 heteroatoms. The van der Waals surface area contributed by atoms with E-state index in [1.54, 1.807) is 0 Å². The highest BCUT2D eigenvalue weighted by Crippen LogP contribution is 2.44. The minimum Gasteiger partial charge on any atom is -0.463 e. The molecule has 0 saturated carbocycles. The van der Waals surface area contributed by atoms with Crippen molar-refractivity contribution < 1.29 is 76.2 Å². The second-order valence-corrected chi connectivity index (χ2v) is 11.4. The largest absolute Gasteiger partial charge is 0.463 e. The molecule has 3 rings (SSSR count). The molecule has 0 aromatic carbocycles. The molecule has 0 N–H and O–H groups in total. The Balaban J connectivity index is 2.33. The molecule has 1 unspecified atom stereocenters. The lowest BCUT2D eigenvalue weighted by molar-refractivity contribution is -0.299. The summed E-state index contributed by atoms with van der Waals surface area (Å²) in [6.07, 6.45) is -12.3. The van der Waals surface area contributed by atoms with Gasteiger partial charge in [-0.1, -0.05) is 0 Å². The van der Waals surface area contributed by atoms with Crippen molar-refractivity contribution in [3.8, 4) is 6.07 Å². The fourth-order valence-electron chi connectivity index (χ4n) is 5.85. The van der Waals surface area contributed by atoms with Crippen LogP contribution >= 0.6 is 0 Å². The number of aromatic nitrogens is 1. The summed E-state index contributed by atoms with van der Waals surface area (Å²) in [6.45, 7) is 6.38. The van der Waals surface area contributed by atoms with Crippen molar-refractivity contribution in [2.24, 2.45) is 5.92 Å². The lowest BCUT2D eigenvalue weighted by atomic mass is 9.76. The number of rotatable bonds is 11. The first-order valence-corrected chi connectivity index (χ1v) is 15.3. The molecule has 0 radical (unpaired) electrons. The van der Waals surface area contributed by atoms with Gasteiger partial charge in [0, 0.05) is 54.7 Å². The summed E-state index contributed by atoms with van der Waals surface area (Å²) in [5.41, 5.74) is 0.225. The van der Waals surface area contributed by atoms with E-state index in [0.717, 1.165) is 48.5 Å². The summed E-state index contributed by atoms with van der Waals surface area (Å²) >= 11 is 0. The third-order valence-electron chi connectivity index (χ3n) is 7.42. The maximum absolute atomic E-state index is 12.7. The molecular weight excluding hydrogens is 668 g/mol. The van der Waals surface area contributed by atoms with Gasteiger partial charge in [-0.25, -0.2) is 0 Å². The van der Waals surface area contributed by atoms with Crippen LogP contribution in [0.25, 0.3) is 0 Å². The summed E-state index contributed by atoms with van der Waals surface area (Å²) in [7, 11) is 0. The highest BCUT2D eigenvalue weighted by molar-refractivity contribution is 5.69. The highest BCUT2D eigenvalue weighted by Gasteiger charge is 2.61. The van der Waals surface area contributed by atoms with E-state index in [2.05, 4.69) is 4.98 Å². The minimum absolute atomic E-state index is 0.0697. The first kappa shape index (κ1) is 39.3. The van der Waals surface area contributed by atoms with E-state index >= 15 is 0 Å². The number of nitrogens with zero attached hydrogens (tertiary/aromatic N) is 2. The Morgan fingerprint density at radius 2 is 1.12 bits per heavy atom. The van der Waals surface area contributed by atoms with Crippen molar-refractivity contribution in [3.05, 3.63) is 29.6 Å². The van der Waals surface area contributed by atoms with Crippen molar-refractivity contribution in [3.63, 3.8) is 0 Å². The van der Waals surface area contributed by atoms with Crippen molar-refractivity contribution in [2.75, 3.05) is 13.2 Å². The topological polar surface area (TPSA) is 239 Å². The maximum atomic E-state index is 12.7. The zero-order chi connectivity index (χ0) is 37.3. The van der Waals surface area contributed by atoms with Crippen molar-refractivity contribution in [1.29, 1.82) is 5.26 Å². The number of ether oxygens (including phenoxy) is 9. The van der Waals surface area contributed by atoms with Gasteiger partial charge in [0.1, 0.15) is 43.7 Å². The van der Waals surface area contributed by atoms with Crippen molar-refractivity contribution in [2.45, 2.75) is 103 Å². The summed E-state index contributed by atoms with van der Waals surface area (Å²) in [4.78, 5) is 90.7. The van der Waals surface area contributed by atoms with Gasteiger partial charge in [0.25, 0.3) is 0 Å². The van der Waals surface area contributed by atoms with Crippen LogP contribution in [-0.4, -0.2) is 109 Å². The van der Waals surface area contributed by atoms with Gasteiger partial charge >= 0.3 is 41.8 Å². The number of carbonyl (C=O) groups excluding carboxylic acids is 7. The zero-order valence-electron chi connectivity index (χ0n) is 28.3. The molecule has 0 amide bonds. The van der Waals surface area contributed by atoms with E-state index in [-0.39, 0.29) is 11.3 Å². The number of nitriles is 1. The van der Waals surface area contributed by atoms with E-state index in [0.29, 0.717) is 0 Å². The Morgan fingerprint density at radius 3 is 1.64 bits per heavy atom. The van der Waals surface area contributed by atoms with Crippen molar-refractivity contribution in [1.82, 2.24) is 4.98 Å². The SMILES string of the molecule is CC(=O)OC[C@H]1O[C@H](c2cc(C#N)ccn2)[C@H](OC(C)=O)[C@@H](OC(C)=O)C1[C@H]1O[C@H](COC(C)=O)[C@H](OC(C)=O)[C@H](OC(C)=O)[C@H]1OC(C)=O. The average Bonchev–Trinajstić information content (AvgIpc) is 3.01. The molecule has 2 fully saturated rings. The van der Waals surface area contributed by atoms with Gasteiger partial charge in [-0.3, -0.25) is 38.5 Å². The average molecular weight is 707 g/mol. The molecule has 272 valence electrons. The third kappa shape index (κ3) is 10.4. The Hall–Kier alpha value is -5.15. The summed E-state index contributed by atoms with van der Waals surface area (Å²) in [5.74, 6) is -7.31. The molecule has 10 atom stereocenters. The number of carbonyl (C=O) groups is 7. The van der Waals surface area contributed by atoms with Crippen LogP contribution in [-0.2, 0) is 76.2 Å². The summed E-state index contributed by atoms with van der Waals surface area (Å²) < 4.78 is 51.3. The van der Waals surface area contributed by atoms with Crippen LogP contribution in [0.3, 0.4) is 0 Å². The first-order valence-electron chi connectivity index (χ1n) is 15.3. The fourth-order valence-corrected chi connectivity index (χ4v) is 5.85. The molecular formula is C32H38N2O16. The number of pyridine rings is 1. The first-order chi connectivity index (χ1) is 23.5. The molecule has 2 saturated heterocycles. The van der Waals surface area contributed by atoms with E-state index in [1.165, 1.54) is 18.3 Å². The predicted molar refractivity (Wildman–Crippen MR) is 160 cm³/mol. The predicted octanol–water partition coefficient (Wildman–Crippen LogP) is 0.561. The van der Waals surface area contributed by atoms with Gasteiger partial charge in [0.2, 0.25) is 0 Å². The van der Waals surface area contributed by atoms with Crippen molar-refractivity contribution >= 4 is 41.8 Å². The van der Waals surface area contributed by atoms with Gasteiger partial charge < -0.3 is 42.6 Å². The molecule has 3 heterocycles. The Bertz CT molecular complexity index is 1510. The van der Waals surface area contributed by atoms with E-state index < -0.39 is 116 Å². The van der Waals surface area contributed by atoms with E-state index in [1.807, 2.05) is 6.07 Å². The van der Waals surface area contributed by atoms with Gasteiger partial charge in [0.15, 0.2) is 24.4 Å². The summed E-state index contributed by atoms with van der Waals surface area (Å²) in [5, 5.41) is 9.53.